The van der Waals surface area contributed by atoms with Crippen LogP contribution >= 0.6 is 0 Å². The Morgan fingerprint density at radius 1 is 0.885 bits per heavy atom. The molecule has 0 saturated carbocycles. The summed E-state index contributed by atoms with van der Waals surface area (Å²) in [5.74, 6) is 2.29. The van der Waals surface area contributed by atoms with Gasteiger partial charge in [0.25, 0.3) is 5.91 Å². The van der Waals surface area contributed by atoms with Crippen molar-refractivity contribution < 1.29 is 23.7 Å². The summed E-state index contributed by atoms with van der Waals surface area (Å²) < 4.78 is 21.5. The summed E-state index contributed by atoms with van der Waals surface area (Å²) >= 11 is 0. The Morgan fingerprint density at radius 2 is 1.54 bits per heavy atom. The van der Waals surface area contributed by atoms with Gasteiger partial charge in [0.05, 0.1) is 34.0 Å². The van der Waals surface area contributed by atoms with Gasteiger partial charge in [0.15, 0.2) is 23.0 Å². The van der Waals surface area contributed by atoms with Gasteiger partial charge in [0.2, 0.25) is 0 Å². The first-order chi connectivity index (χ1) is 12.6. The van der Waals surface area contributed by atoms with Crippen molar-refractivity contribution in [3.05, 3.63) is 47.0 Å². The van der Waals surface area contributed by atoms with Crippen LogP contribution in [0.15, 0.2) is 30.3 Å². The van der Waals surface area contributed by atoms with Gasteiger partial charge in [-0.1, -0.05) is 6.07 Å². The molecule has 6 nitrogen and oxygen atoms in total. The quantitative estimate of drug-likeness (QED) is 0.824. The molecule has 0 atom stereocenters. The summed E-state index contributed by atoms with van der Waals surface area (Å²) in [7, 11) is 6.33. The Kier molecular flexibility index (Phi) is 5.21. The lowest BCUT2D eigenvalue weighted by Gasteiger charge is -2.30. The number of benzene rings is 2. The molecule has 0 bridgehead atoms. The van der Waals surface area contributed by atoms with Crippen LogP contribution in [0.1, 0.15) is 21.5 Å². The molecule has 138 valence electrons. The Hall–Kier alpha value is -2.89. The van der Waals surface area contributed by atoms with Gasteiger partial charge in [-0.25, -0.2) is 0 Å². The topological polar surface area (TPSA) is 57.2 Å². The van der Waals surface area contributed by atoms with Gasteiger partial charge >= 0.3 is 0 Å². The van der Waals surface area contributed by atoms with Crippen LogP contribution in [-0.2, 0) is 13.0 Å². The SMILES string of the molecule is COc1cc2c(cc1OC)CN(C(=O)c1cccc(OC)c1OC)CC2. The maximum atomic E-state index is 13.1. The molecule has 3 rings (SSSR count). The third kappa shape index (κ3) is 3.14. The van der Waals surface area contributed by atoms with E-state index in [0.29, 0.717) is 41.7 Å². The largest absolute Gasteiger partial charge is 0.493 e. The highest BCUT2D eigenvalue weighted by Crippen LogP contribution is 2.35. The Bertz CT molecular complexity index is 818. The Balaban J connectivity index is 1.90. The van der Waals surface area contributed by atoms with E-state index >= 15 is 0 Å². The second-order valence-corrected chi connectivity index (χ2v) is 5.99. The normalized spacial score (nSPS) is 13.0. The smallest absolute Gasteiger partial charge is 0.258 e. The second-order valence-electron chi connectivity index (χ2n) is 5.99. The van der Waals surface area contributed by atoms with E-state index in [9.17, 15) is 4.79 Å². The summed E-state index contributed by atoms with van der Waals surface area (Å²) in [6, 6.07) is 9.25. The number of fused-ring (bicyclic) bond motifs is 1. The maximum absolute atomic E-state index is 13.1. The maximum Gasteiger partial charge on any atom is 0.258 e. The third-order valence-electron chi connectivity index (χ3n) is 4.64. The van der Waals surface area contributed by atoms with E-state index in [-0.39, 0.29) is 5.91 Å². The average molecular weight is 357 g/mol. The highest BCUT2D eigenvalue weighted by atomic mass is 16.5. The van der Waals surface area contributed by atoms with Gasteiger partial charge in [-0.15, -0.1) is 0 Å². The molecule has 0 spiro atoms. The Labute approximate surface area is 153 Å². The van der Waals surface area contributed by atoms with E-state index in [1.54, 1.807) is 39.5 Å². The van der Waals surface area contributed by atoms with Crippen molar-refractivity contribution in [2.24, 2.45) is 0 Å². The summed E-state index contributed by atoms with van der Waals surface area (Å²) in [4.78, 5) is 14.9. The molecule has 2 aromatic carbocycles. The van der Waals surface area contributed by atoms with E-state index < -0.39 is 0 Å². The molecular formula is C20H23NO5. The number of nitrogens with zero attached hydrogens (tertiary/aromatic N) is 1. The fourth-order valence-electron chi connectivity index (χ4n) is 3.28. The highest BCUT2D eigenvalue weighted by Gasteiger charge is 2.26. The minimum atomic E-state index is -0.0822. The van der Waals surface area contributed by atoms with Crippen LogP contribution in [0, 0.1) is 0 Å². The molecule has 6 heteroatoms. The van der Waals surface area contributed by atoms with Crippen LogP contribution in [0.3, 0.4) is 0 Å². The predicted octanol–water partition coefficient (Wildman–Crippen LogP) is 2.92. The van der Waals surface area contributed by atoms with Gasteiger partial charge in [-0.3, -0.25) is 4.79 Å². The van der Waals surface area contributed by atoms with E-state index in [1.807, 2.05) is 17.0 Å². The summed E-state index contributed by atoms with van der Waals surface area (Å²) in [5.41, 5.74) is 2.73. The number of hydrogen-bond acceptors (Lipinski definition) is 5. The average Bonchev–Trinajstić information content (AvgIpc) is 2.70. The zero-order chi connectivity index (χ0) is 18.7. The van der Waals surface area contributed by atoms with E-state index in [0.717, 1.165) is 12.0 Å². The van der Waals surface area contributed by atoms with Crippen LogP contribution in [0.4, 0.5) is 0 Å². The number of hydrogen-bond donors (Lipinski definition) is 0. The van der Waals surface area contributed by atoms with Crippen molar-refractivity contribution in [1.82, 2.24) is 4.90 Å². The molecule has 2 aromatic rings. The lowest BCUT2D eigenvalue weighted by molar-refractivity contribution is 0.0730. The first-order valence-corrected chi connectivity index (χ1v) is 8.37. The van der Waals surface area contributed by atoms with Crippen molar-refractivity contribution in [3.8, 4) is 23.0 Å². The standard InChI is InChI=1S/C20H23NO5/c1-23-16-7-5-6-15(19(16)26-4)20(22)21-9-8-13-10-17(24-2)18(25-3)11-14(13)12-21/h5-7,10-11H,8-9,12H2,1-4H3. The third-order valence-corrected chi connectivity index (χ3v) is 4.64. The van der Waals surface area contributed by atoms with Crippen molar-refractivity contribution in [3.63, 3.8) is 0 Å². The minimum absolute atomic E-state index is 0.0822. The fourth-order valence-corrected chi connectivity index (χ4v) is 3.28. The molecule has 0 unspecified atom stereocenters. The van der Waals surface area contributed by atoms with Crippen molar-refractivity contribution in [2.75, 3.05) is 35.0 Å². The molecule has 1 aliphatic rings. The van der Waals surface area contributed by atoms with Crippen LogP contribution < -0.4 is 18.9 Å². The number of para-hydroxylation sites is 1. The van der Waals surface area contributed by atoms with Crippen molar-refractivity contribution in [1.29, 1.82) is 0 Å². The molecule has 0 N–H and O–H groups in total. The Morgan fingerprint density at radius 3 is 2.15 bits per heavy atom. The summed E-state index contributed by atoms with van der Waals surface area (Å²) in [6.45, 7) is 1.14. The van der Waals surface area contributed by atoms with Crippen molar-refractivity contribution >= 4 is 5.91 Å². The number of methoxy groups -OCH3 is 4. The molecule has 1 amide bonds. The fraction of sp³-hybridized carbons (Fsp3) is 0.350. The number of carbonyl (C=O) groups excluding carboxylic acids is 1. The number of carbonyl (C=O) groups is 1. The molecule has 0 saturated heterocycles. The van der Waals surface area contributed by atoms with Crippen LogP contribution in [0.2, 0.25) is 0 Å². The lowest BCUT2D eigenvalue weighted by atomic mass is 9.98. The molecule has 0 aromatic heterocycles. The predicted molar refractivity (Wildman–Crippen MR) is 97.5 cm³/mol. The van der Waals surface area contributed by atoms with Gasteiger partial charge < -0.3 is 23.8 Å². The van der Waals surface area contributed by atoms with Crippen molar-refractivity contribution in [2.45, 2.75) is 13.0 Å². The molecular weight excluding hydrogens is 334 g/mol. The van der Waals surface area contributed by atoms with Gasteiger partial charge in [-0.05, 0) is 41.8 Å². The second kappa shape index (κ2) is 7.56. The number of rotatable bonds is 5. The van der Waals surface area contributed by atoms with E-state index in [4.69, 9.17) is 18.9 Å². The first kappa shape index (κ1) is 17.9. The van der Waals surface area contributed by atoms with Gasteiger partial charge in [0, 0.05) is 13.1 Å². The summed E-state index contributed by atoms with van der Waals surface area (Å²) in [5, 5.41) is 0. The molecule has 26 heavy (non-hydrogen) atoms. The molecule has 0 fully saturated rings. The highest BCUT2D eigenvalue weighted by molar-refractivity contribution is 5.98. The van der Waals surface area contributed by atoms with Gasteiger partial charge in [0.1, 0.15) is 0 Å². The lowest BCUT2D eigenvalue weighted by Crippen LogP contribution is -2.36. The van der Waals surface area contributed by atoms with E-state index in [1.165, 1.54) is 12.7 Å². The van der Waals surface area contributed by atoms with Crippen LogP contribution in [-0.4, -0.2) is 45.8 Å². The monoisotopic (exact) mass is 357 g/mol. The summed E-state index contributed by atoms with van der Waals surface area (Å²) in [6.07, 6.45) is 0.758. The minimum Gasteiger partial charge on any atom is -0.493 e. The first-order valence-electron chi connectivity index (χ1n) is 8.37. The molecule has 1 aliphatic heterocycles. The number of ether oxygens (including phenoxy) is 4. The van der Waals surface area contributed by atoms with Crippen LogP contribution in [0.25, 0.3) is 0 Å². The zero-order valence-corrected chi connectivity index (χ0v) is 15.5. The van der Waals surface area contributed by atoms with E-state index in [2.05, 4.69) is 0 Å². The molecule has 0 aliphatic carbocycles. The van der Waals surface area contributed by atoms with Gasteiger partial charge in [-0.2, -0.15) is 0 Å². The number of amides is 1. The van der Waals surface area contributed by atoms with Crippen LogP contribution in [0.5, 0.6) is 23.0 Å². The molecule has 0 radical (unpaired) electrons. The molecule has 1 heterocycles. The zero-order valence-electron chi connectivity index (χ0n) is 15.5.